The van der Waals surface area contributed by atoms with Crippen molar-refractivity contribution in [3.05, 3.63) is 36.5 Å². The number of phenols is 1. The molecule has 0 aliphatic carbocycles. The topological polar surface area (TPSA) is 120 Å². The summed E-state index contributed by atoms with van der Waals surface area (Å²) in [5, 5.41) is 35.3. The maximum absolute atomic E-state index is 9.31. The fourth-order valence-corrected chi connectivity index (χ4v) is 1.24. The summed E-state index contributed by atoms with van der Waals surface area (Å²) in [5.74, 6) is 0.239. The second kappa shape index (κ2) is 8.96. The van der Waals surface area contributed by atoms with Gasteiger partial charge < -0.3 is 26.2 Å². The van der Waals surface area contributed by atoms with Crippen LogP contribution in [0.15, 0.2) is 36.5 Å². The molecule has 0 amide bonds. The Morgan fingerprint density at radius 3 is 2.00 bits per heavy atom. The maximum atomic E-state index is 9.31. The normalized spacial score (nSPS) is 10.4. The zero-order valence-electron chi connectivity index (χ0n) is 10.4. The van der Waals surface area contributed by atoms with Crippen LogP contribution >= 0.6 is 0 Å². The summed E-state index contributed by atoms with van der Waals surface area (Å²) in [6.45, 7) is -1.21. The van der Waals surface area contributed by atoms with Crippen molar-refractivity contribution in [3.8, 4) is 5.75 Å². The van der Waals surface area contributed by atoms with E-state index in [9.17, 15) is 5.11 Å². The fourth-order valence-electron chi connectivity index (χ4n) is 1.24. The Morgan fingerprint density at radius 2 is 1.55 bits per heavy atom. The molecule has 20 heavy (non-hydrogen) atoms. The molecule has 0 fully saturated rings. The number of aromatic nitrogens is 1. The summed E-state index contributed by atoms with van der Waals surface area (Å²) in [6, 6.07) is 9.13. The summed E-state index contributed by atoms with van der Waals surface area (Å²) in [6.07, 6.45) is 1.67. The van der Waals surface area contributed by atoms with Crippen LogP contribution < -0.4 is 5.73 Å². The molecule has 0 atom stereocenters. The van der Waals surface area contributed by atoms with Gasteiger partial charge in [0.1, 0.15) is 11.3 Å². The number of aromatic hydroxyl groups is 1. The van der Waals surface area contributed by atoms with E-state index in [0.717, 1.165) is 5.39 Å². The molecule has 1 heterocycles. The first-order valence-electron chi connectivity index (χ1n) is 5.70. The number of hydrogen-bond donors (Lipinski definition) is 5. The Kier molecular flexibility index (Phi) is 8.47. The van der Waals surface area contributed by atoms with Gasteiger partial charge in [0, 0.05) is 11.6 Å². The van der Waals surface area contributed by atoms with Crippen LogP contribution in [0.2, 0.25) is 0 Å². The first kappa shape index (κ1) is 18.9. The van der Waals surface area contributed by atoms with Crippen LogP contribution in [0.4, 0.5) is 0 Å². The number of hydrogen-bond acceptors (Lipinski definition) is 6. The molecule has 6 nitrogen and oxygen atoms in total. The van der Waals surface area contributed by atoms with Crippen LogP contribution in [0.1, 0.15) is 0 Å². The zero-order chi connectivity index (χ0) is 14.3. The monoisotopic (exact) mass is 338 g/mol. The van der Waals surface area contributed by atoms with Crippen molar-refractivity contribution in [3.63, 3.8) is 0 Å². The van der Waals surface area contributed by atoms with E-state index in [0.29, 0.717) is 5.52 Å². The minimum absolute atomic E-state index is 0. The molecule has 0 saturated carbocycles. The van der Waals surface area contributed by atoms with E-state index in [4.69, 9.17) is 21.1 Å². The van der Waals surface area contributed by atoms with Crippen LogP contribution in [0, 0.1) is 0 Å². The average molecular weight is 339 g/mol. The van der Waals surface area contributed by atoms with Crippen molar-refractivity contribution in [1.82, 2.24) is 4.98 Å². The number of nitrogens with two attached hydrogens (primary N) is 1. The van der Waals surface area contributed by atoms with Gasteiger partial charge in [-0.2, -0.15) is 0 Å². The predicted molar refractivity (Wildman–Crippen MR) is 81.5 cm³/mol. The third kappa shape index (κ3) is 5.12. The molecule has 2 rings (SSSR count). The molecule has 2 aromatic rings. The molecule has 0 aliphatic heterocycles. The van der Waals surface area contributed by atoms with Crippen molar-refractivity contribution in [2.45, 2.75) is 5.54 Å². The fraction of sp³-hybridized carbons (Fsp3) is 0.308. The number of para-hydroxylation sites is 1. The SMILES string of the molecule is NC(CO)(CO)CO.Oc1cccc2cccnc12.[GaH3]. The van der Waals surface area contributed by atoms with Gasteiger partial charge in [-0.05, 0) is 12.1 Å². The van der Waals surface area contributed by atoms with E-state index in [1.54, 1.807) is 18.3 Å². The van der Waals surface area contributed by atoms with Gasteiger partial charge in [-0.25, -0.2) is 0 Å². The molecule has 1 aromatic heterocycles. The Hall–Kier alpha value is -1.09. The first-order valence-corrected chi connectivity index (χ1v) is 5.70. The second-order valence-corrected chi connectivity index (χ2v) is 4.19. The minimum atomic E-state index is -1.21. The summed E-state index contributed by atoms with van der Waals surface area (Å²) in [4.78, 5) is 4.03. The standard InChI is InChI=1S/C9H7NO.C4H11NO3.Ga.3H/c11-8-5-1-3-7-4-2-6-10-9(7)8;5-4(1-6,2-7)3-8;;;;/h1-6,11H;6-8H,1-3,5H2;;;;. The average Bonchev–Trinajstić information content (AvgIpc) is 2.48. The Balaban J connectivity index is 0.000000364. The summed E-state index contributed by atoms with van der Waals surface area (Å²) in [7, 11) is 0. The van der Waals surface area contributed by atoms with Crippen LogP contribution in [-0.2, 0) is 0 Å². The number of pyridine rings is 1. The van der Waals surface area contributed by atoms with Crippen molar-refractivity contribution >= 4 is 30.7 Å². The van der Waals surface area contributed by atoms with E-state index in [2.05, 4.69) is 4.98 Å². The van der Waals surface area contributed by atoms with Gasteiger partial charge >= 0.3 is 19.8 Å². The Labute approximate surface area is 129 Å². The van der Waals surface area contributed by atoms with Gasteiger partial charge in [-0.3, -0.25) is 4.98 Å². The number of aliphatic hydroxyl groups is 3. The van der Waals surface area contributed by atoms with Crippen LogP contribution in [-0.4, -0.2) is 70.6 Å². The molecular formula is C13H21GaN2O4. The van der Waals surface area contributed by atoms with Gasteiger partial charge in [0.05, 0.1) is 25.4 Å². The molecular weight excluding hydrogens is 318 g/mol. The molecule has 7 heteroatoms. The molecule has 6 N–H and O–H groups in total. The number of fused-ring (bicyclic) bond motifs is 1. The molecule has 0 aliphatic rings. The van der Waals surface area contributed by atoms with E-state index >= 15 is 0 Å². The van der Waals surface area contributed by atoms with Crippen molar-refractivity contribution < 1.29 is 20.4 Å². The van der Waals surface area contributed by atoms with Gasteiger partial charge in [0.2, 0.25) is 0 Å². The number of aliphatic hydroxyl groups excluding tert-OH is 3. The molecule has 0 saturated heterocycles. The van der Waals surface area contributed by atoms with Crippen molar-refractivity contribution in [2.75, 3.05) is 19.8 Å². The van der Waals surface area contributed by atoms with Gasteiger partial charge in [0.25, 0.3) is 0 Å². The van der Waals surface area contributed by atoms with E-state index in [1.165, 1.54) is 0 Å². The molecule has 0 radical (unpaired) electrons. The first-order chi connectivity index (χ1) is 9.06. The van der Waals surface area contributed by atoms with Crippen LogP contribution in [0.3, 0.4) is 0 Å². The molecule has 0 bridgehead atoms. The summed E-state index contributed by atoms with van der Waals surface area (Å²) < 4.78 is 0. The number of nitrogens with zero attached hydrogens (tertiary/aromatic N) is 1. The zero-order valence-corrected chi connectivity index (χ0v) is 10.4. The van der Waals surface area contributed by atoms with E-state index in [1.807, 2.05) is 18.2 Å². The third-order valence-electron chi connectivity index (χ3n) is 2.56. The van der Waals surface area contributed by atoms with E-state index in [-0.39, 0.29) is 25.5 Å². The predicted octanol–water partition coefficient (Wildman–Crippen LogP) is -1.58. The van der Waals surface area contributed by atoms with Gasteiger partial charge in [-0.15, -0.1) is 0 Å². The molecule has 110 valence electrons. The van der Waals surface area contributed by atoms with Crippen LogP contribution in [0.25, 0.3) is 10.9 Å². The number of rotatable bonds is 3. The molecule has 0 spiro atoms. The summed E-state index contributed by atoms with van der Waals surface area (Å²) in [5.41, 5.74) is 4.60. The Bertz CT molecular complexity index is 507. The van der Waals surface area contributed by atoms with E-state index < -0.39 is 25.4 Å². The quantitative estimate of drug-likeness (QED) is 0.431. The van der Waals surface area contributed by atoms with Crippen LogP contribution in [0.5, 0.6) is 5.75 Å². The van der Waals surface area contributed by atoms with Crippen molar-refractivity contribution in [1.29, 1.82) is 0 Å². The van der Waals surface area contributed by atoms with Crippen molar-refractivity contribution in [2.24, 2.45) is 5.73 Å². The van der Waals surface area contributed by atoms with Gasteiger partial charge in [-0.1, -0.05) is 18.2 Å². The summed E-state index contributed by atoms with van der Waals surface area (Å²) >= 11 is 0. The number of phenolic OH excluding ortho intramolecular Hbond substituents is 1. The van der Waals surface area contributed by atoms with Gasteiger partial charge in [0.15, 0.2) is 0 Å². The second-order valence-electron chi connectivity index (χ2n) is 4.19. The molecule has 0 unspecified atom stereocenters. The molecule has 1 aromatic carbocycles. The number of benzene rings is 1. The third-order valence-corrected chi connectivity index (χ3v) is 2.56. The Morgan fingerprint density at radius 1 is 1.00 bits per heavy atom.